The highest BCUT2D eigenvalue weighted by molar-refractivity contribution is 5.50. The molecule has 0 radical (unpaired) electrons. The summed E-state index contributed by atoms with van der Waals surface area (Å²) in [5.41, 5.74) is 0.649. The van der Waals surface area contributed by atoms with E-state index in [4.69, 9.17) is 9.47 Å². The first-order chi connectivity index (χ1) is 11.6. The average molecular weight is 362 g/mol. The molecule has 0 N–H and O–H groups in total. The van der Waals surface area contributed by atoms with E-state index in [2.05, 4.69) is 0 Å². The third kappa shape index (κ3) is 5.05. The molecule has 25 heavy (non-hydrogen) atoms. The second kappa shape index (κ2) is 7.57. The van der Waals surface area contributed by atoms with Crippen LogP contribution >= 0.6 is 0 Å². The van der Waals surface area contributed by atoms with E-state index in [1.165, 1.54) is 17.0 Å². The van der Waals surface area contributed by atoms with Gasteiger partial charge in [-0.3, -0.25) is 15.0 Å². The second-order valence-corrected chi connectivity index (χ2v) is 6.47. The van der Waals surface area contributed by atoms with E-state index in [-0.39, 0.29) is 37.6 Å². The van der Waals surface area contributed by atoms with Crippen LogP contribution in [0.4, 0.5) is 18.9 Å². The first-order valence-electron chi connectivity index (χ1n) is 7.90. The average Bonchev–Trinajstić information content (AvgIpc) is 2.51. The standard InChI is InChI=1S/C16H21F3N2O4/c1-10(2)11(3)20(8-16(17,18)19)6-12-4-14(21(22)23)5-13-7-24-9-25-15(12)13/h4-5,10-11H,6-9H2,1-3H3/t11-/m0/s1. The Morgan fingerprint density at radius 1 is 1.32 bits per heavy atom. The maximum Gasteiger partial charge on any atom is 0.401 e. The molecule has 0 fully saturated rings. The van der Waals surface area contributed by atoms with Gasteiger partial charge in [-0.05, 0) is 12.8 Å². The van der Waals surface area contributed by atoms with Crippen LogP contribution in [0.1, 0.15) is 31.9 Å². The van der Waals surface area contributed by atoms with Gasteiger partial charge in [-0.15, -0.1) is 0 Å². The molecule has 1 aromatic rings. The number of halogens is 3. The van der Waals surface area contributed by atoms with Crippen molar-refractivity contribution in [2.75, 3.05) is 13.3 Å². The van der Waals surface area contributed by atoms with Crippen molar-refractivity contribution in [2.24, 2.45) is 5.92 Å². The molecule has 1 atom stereocenters. The van der Waals surface area contributed by atoms with Crippen molar-refractivity contribution in [3.05, 3.63) is 33.4 Å². The molecule has 0 saturated heterocycles. The van der Waals surface area contributed by atoms with Gasteiger partial charge in [0.2, 0.25) is 0 Å². The van der Waals surface area contributed by atoms with Gasteiger partial charge in [0.1, 0.15) is 5.75 Å². The number of hydrogen-bond acceptors (Lipinski definition) is 5. The molecule has 0 saturated carbocycles. The van der Waals surface area contributed by atoms with Crippen LogP contribution in [-0.2, 0) is 17.9 Å². The molecule has 0 amide bonds. The zero-order valence-corrected chi connectivity index (χ0v) is 14.3. The molecule has 0 spiro atoms. The van der Waals surface area contributed by atoms with Crippen LogP contribution < -0.4 is 4.74 Å². The third-order valence-electron chi connectivity index (χ3n) is 4.28. The molecule has 140 valence electrons. The molecule has 1 aromatic carbocycles. The molecule has 2 rings (SSSR count). The van der Waals surface area contributed by atoms with Crippen LogP contribution in [-0.4, -0.2) is 35.4 Å². The van der Waals surface area contributed by atoms with E-state index in [0.717, 1.165) is 0 Å². The van der Waals surface area contributed by atoms with Crippen LogP contribution in [0, 0.1) is 16.0 Å². The van der Waals surface area contributed by atoms with Crippen molar-refractivity contribution in [2.45, 2.75) is 46.1 Å². The smallest absolute Gasteiger partial charge is 0.401 e. The fourth-order valence-corrected chi connectivity index (χ4v) is 2.72. The number of fused-ring (bicyclic) bond motifs is 1. The Bertz CT molecular complexity index is 635. The number of rotatable bonds is 6. The summed E-state index contributed by atoms with van der Waals surface area (Å²) >= 11 is 0. The lowest BCUT2D eigenvalue weighted by molar-refractivity contribution is -0.385. The van der Waals surface area contributed by atoms with Gasteiger partial charge < -0.3 is 9.47 Å². The number of hydrogen-bond donors (Lipinski definition) is 0. The van der Waals surface area contributed by atoms with Gasteiger partial charge in [-0.1, -0.05) is 13.8 Å². The minimum atomic E-state index is -4.37. The Morgan fingerprint density at radius 2 is 2.00 bits per heavy atom. The Morgan fingerprint density at radius 3 is 2.56 bits per heavy atom. The molecule has 1 aliphatic rings. The van der Waals surface area contributed by atoms with E-state index in [1.54, 1.807) is 6.92 Å². The molecule has 0 aromatic heterocycles. The van der Waals surface area contributed by atoms with Gasteiger partial charge >= 0.3 is 6.18 Å². The third-order valence-corrected chi connectivity index (χ3v) is 4.28. The number of nitro benzene ring substituents is 1. The predicted molar refractivity (Wildman–Crippen MR) is 84.1 cm³/mol. The highest BCUT2D eigenvalue weighted by atomic mass is 19.4. The van der Waals surface area contributed by atoms with Gasteiger partial charge in [0.25, 0.3) is 5.69 Å². The van der Waals surface area contributed by atoms with Gasteiger partial charge in [0, 0.05) is 35.8 Å². The van der Waals surface area contributed by atoms with Gasteiger partial charge in [0.05, 0.1) is 18.1 Å². The van der Waals surface area contributed by atoms with Gasteiger partial charge in [0.15, 0.2) is 6.79 Å². The number of non-ortho nitro benzene ring substituents is 1. The maximum absolute atomic E-state index is 13.0. The summed E-state index contributed by atoms with van der Waals surface area (Å²) in [6.45, 7) is 4.29. The minimum Gasteiger partial charge on any atom is -0.467 e. The molecular weight excluding hydrogens is 341 g/mol. The molecule has 0 unspecified atom stereocenters. The van der Waals surface area contributed by atoms with Crippen LogP contribution in [0.3, 0.4) is 0 Å². The molecule has 9 heteroatoms. The maximum atomic E-state index is 13.0. The van der Waals surface area contributed by atoms with Crippen molar-refractivity contribution in [3.63, 3.8) is 0 Å². The lowest BCUT2D eigenvalue weighted by Gasteiger charge is -2.33. The quantitative estimate of drug-likeness (QED) is 0.568. The van der Waals surface area contributed by atoms with E-state index in [0.29, 0.717) is 16.9 Å². The lowest BCUT2D eigenvalue weighted by atomic mass is 10.0. The largest absolute Gasteiger partial charge is 0.467 e. The summed E-state index contributed by atoms with van der Waals surface area (Å²) in [6.07, 6.45) is -4.37. The fourth-order valence-electron chi connectivity index (χ4n) is 2.72. The number of nitrogens with zero attached hydrogens (tertiary/aromatic N) is 2. The first-order valence-corrected chi connectivity index (χ1v) is 7.90. The van der Waals surface area contributed by atoms with E-state index in [9.17, 15) is 23.3 Å². The van der Waals surface area contributed by atoms with Gasteiger partial charge in [-0.2, -0.15) is 13.2 Å². The Balaban J connectivity index is 2.39. The van der Waals surface area contributed by atoms with Crippen molar-refractivity contribution in [3.8, 4) is 5.75 Å². The molecular formula is C16H21F3N2O4. The highest BCUT2D eigenvalue weighted by Crippen LogP contribution is 2.34. The Kier molecular flexibility index (Phi) is 5.89. The van der Waals surface area contributed by atoms with Crippen LogP contribution in [0.15, 0.2) is 12.1 Å². The fraction of sp³-hybridized carbons (Fsp3) is 0.625. The Labute approximate surface area is 143 Å². The zero-order valence-electron chi connectivity index (χ0n) is 14.3. The molecule has 0 bridgehead atoms. The van der Waals surface area contributed by atoms with Crippen LogP contribution in [0.5, 0.6) is 5.75 Å². The summed E-state index contributed by atoms with van der Waals surface area (Å²) in [5, 5.41) is 11.1. The SMILES string of the molecule is CC(C)[C@H](C)N(Cc1cc([N+](=O)[O-])cc2c1OCOC2)CC(F)(F)F. The first kappa shape index (κ1) is 19.5. The van der Waals surface area contributed by atoms with Gasteiger partial charge in [-0.25, -0.2) is 0 Å². The van der Waals surface area contributed by atoms with Crippen molar-refractivity contribution in [1.82, 2.24) is 4.90 Å². The summed E-state index contributed by atoms with van der Waals surface area (Å²) in [5.74, 6) is 0.362. The van der Waals surface area contributed by atoms with Crippen molar-refractivity contribution < 1.29 is 27.6 Å². The normalized spacial score (nSPS) is 15.8. The molecule has 6 nitrogen and oxygen atoms in total. The van der Waals surface area contributed by atoms with Crippen LogP contribution in [0.2, 0.25) is 0 Å². The van der Waals surface area contributed by atoms with Crippen molar-refractivity contribution >= 4 is 5.69 Å². The summed E-state index contributed by atoms with van der Waals surface area (Å²) < 4.78 is 49.5. The molecule has 0 aliphatic carbocycles. The Hall–Kier alpha value is -1.87. The topological polar surface area (TPSA) is 64.8 Å². The minimum absolute atomic E-state index is 0.0128. The van der Waals surface area contributed by atoms with E-state index in [1.807, 2.05) is 13.8 Å². The number of alkyl halides is 3. The number of ether oxygens (including phenoxy) is 2. The summed E-state index contributed by atoms with van der Waals surface area (Å²) in [6, 6.07) is 2.25. The summed E-state index contributed by atoms with van der Waals surface area (Å²) in [4.78, 5) is 11.8. The van der Waals surface area contributed by atoms with E-state index < -0.39 is 17.6 Å². The van der Waals surface area contributed by atoms with E-state index >= 15 is 0 Å². The van der Waals surface area contributed by atoms with Crippen molar-refractivity contribution in [1.29, 1.82) is 0 Å². The summed E-state index contributed by atoms with van der Waals surface area (Å²) in [7, 11) is 0. The zero-order chi connectivity index (χ0) is 18.8. The lowest BCUT2D eigenvalue weighted by Crippen LogP contribution is -2.42. The molecule has 1 heterocycles. The highest BCUT2D eigenvalue weighted by Gasteiger charge is 2.34. The monoisotopic (exact) mass is 362 g/mol. The second-order valence-electron chi connectivity index (χ2n) is 6.47. The number of nitro groups is 1. The predicted octanol–water partition coefficient (Wildman–Crippen LogP) is 3.87. The molecule has 1 aliphatic heterocycles. The van der Waals surface area contributed by atoms with Crippen LogP contribution in [0.25, 0.3) is 0 Å². The number of benzene rings is 1.